The molecule has 0 N–H and O–H groups in total. The zero-order valence-corrected chi connectivity index (χ0v) is 10.8. The third-order valence-electron chi connectivity index (χ3n) is 2.90. The van der Waals surface area contributed by atoms with Gasteiger partial charge in [-0.1, -0.05) is 18.2 Å². The van der Waals surface area contributed by atoms with Crippen molar-refractivity contribution >= 4 is 17.7 Å². The van der Waals surface area contributed by atoms with Crippen molar-refractivity contribution in [3.05, 3.63) is 29.8 Å². The molecule has 92 valence electrons. The standard InChI is InChI=1S/C13H17NO2S/c1-17-12-5-3-2-4-11(12)10-13(15)14-6-8-16-9-7-14/h2-5H,6-10H2,1H3. The van der Waals surface area contributed by atoms with E-state index in [1.807, 2.05) is 29.4 Å². The highest BCUT2D eigenvalue weighted by molar-refractivity contribution is 7.98. The second-order valence-electron chi connectivity index (χ2n) is 3.98. The molecule has 4 heteroatoms. The van der Waals surface area contributed by atoms with Gasteiger partial charge in [-0.3, -0.25) is 4.79 Å². The number of nitrogens with zero attached hydrogens (tertiary/aromatic N) is 1. The van der Waals surface area contributed by atoms with E-state index in [-0.39, 0.29) is 5.91 Å². The van der Waals surface area contributed by atoms with Crippen molar-refractivity contribution in [1.82, 2.24) is 4.90 Å². The average Bonchev–Trinajstić information content (AvgIpc) is 2.40. The minimum Gasteiger partial charge on any atom is -0.378 e. The smallest absolute Gasteiger partial charge is 0.227 e. The molecule has 1 fully saturated rings. The molecule has 17 heavy (non-hydrogen) atoms. The van der Waals surface area contributed by atoms with Gasteiger partial charge in [-0.05, 0) is 17.9 Å². The van der Waals surface area contributed by atoms with Crippen LogP contribution in [0.3, 0.4) is 0 Å². The van der Waals surface area contributed by atoms with E-state index in [0.717, 1.165) is 18.7 Å². The lowest BCUT2D eigenvalue weighted by Gasteiger charge is -2.27. The number of carbonyl (C=O) groups is 1. The molecule has 0 radical (unpaired) electrons. The van der Waals surface area contributed by atoms with Gasteiger partial charge >= 0.3 is 0 Å². The zero-order valence-electron chi connectivity index (χ0n) is 10.0. The number of amides is 1. The molecule has 0 saturated carbocycles. The van der Waals surface area contributed by atoms with Crippen LogP contribution in [0.5, 0.6) is 0 Å². The Balaban J connectivity index is 2.01. The fourth-order valence-corrected chi connectivity index (χ4v) is 2.55. The van der Waals surface area contributed by atoms with E-state index < -0.39 is 0 Å². The predicted molar refractivity (Wildman–Crippen MR) is 69.3 cm³/mol. The topological polar surface area (TPSA) is 29.5 Å². The molecule has 1 heterocycles. The number of ether oxygens (including phenoxy) is 1. The van der Waals surface area contributed by atoms with Crippen LogP contribution in [0.25, 0.3) is 0 Å². The maximum atomic E-state index is 12.1. The lowest BCUT2D eigenvalue weighted by molar-refractivity contribution is -0.134. The van der Waals surface area contributed by atoms with Crippen molar-refractivity contribution in [2.75, 3.05) is 32.6 Å². The summed E-state index contributed by atoms with van der Waals surface area (Å²) in [6, 6.07) is 8.09. The normalized spacial score (nSPS) is 15.9. The third kappa shape index (κ3) is 3.23. The van der Waals surface area contributed by atoms with E-state index in [1.165, 1.54) is 4.90 Å². The monoisotopic (exact) mass is 251 g/mol. The van der Waals surface area contributed by atoms with Crippen molar-refractivity contribution in [3.8, 4) is 0 Å². The summed E-state index contributed by atoms with van der Waals surface area (Å²) in [5.41, 5.74) is 1.12. The molecule has 1 aliphatic rings. The molecule has 2 rings (SSSR count). The largest absolute Gasteiger partial charge is 0.378 e. The minimum absolute atomic E-state index is 0.204. The SMILES string of the molecule is CSc1ccccc1CC(=O)N1CCOCC1. The van der Waals surface area contributed by atoms with Gasteiger partial charge in [0.2, 0.25) is 5.91 Å². The van der Waals surface area contributed by atoms with Crippen LogP contribution in [0, 0.1) is 0 Å². The lowest BCUT2D eigenvalue weighted by Crippen LogP contribution is -2.41. The molecule has 0 atom stereocenters. The predicted octanol–water partition coefficient (Wildman–Crippen LogP) is 1.81. The van der Waals surface area contributed by atoms with Crippen LogP contribution in [0.1, 0.15) is 5.56 Å². The third-order valence-corrected chi connectivity index (χ3v) is 3.74. The summed E-state index contributed by atoms with van der Waals surface area (Å²) in [6.07, 6.45) is 2.54. The van der Waals surface area contributed by atoms with Crippen LogP contribution in [0.2, 0.25) is 0 Å². The summed E-state index contributed by atoms with van der Waals surface area (Å²) in [6.45, 7) is 2.77. The molecule has 0 aromatic heterocycles. The number of morpholine rings is 1. The van der Waals surface area contributed by atoms with Gasteiger partial charge in [0.1, 0.15) is 0 Å². The fraction of sp³-hybridized carbons (Fsp3) is 0.462. The summed E-state index contributed by atoms with van der Waals surface area (Å²) in [4.78, 5) is 15.2. The maximum Gasteiger partial charge on any atom is 0.227 e. The summed E-state index contributed by atoms with van der Waals surface area (Å²) in [7, 11) is 0. The summed E-state index contributed by atoms with van der Waals surface area (Å²) < 4.78 is 5.25. The maximum absolute atomic E-state index is 12.1. The van der Waals surface area contributed by atoms with Gasteiger partial charge in [-0.2, -0.15) is 0 Å². The van der Waals surface area contributed by atoms with Gasteiger partial charge in [0.05, 0.1) is 19.6 Å². The minimum atomic E-state index is 0.204. The molecule has 1 aromatic carbocycles. The van der Waals surface area contributed by atoms with Gasteiger partial charge < -0.3 is 9.64 Å². The average molecular weight is 251 g/mol. The van der Waals surface area contributed by atoms with Gasteiger partial charge in [0.25, 0.3) is 0 Å². The van der Waals surface area contributed by atoms with Gasteiger partial charge in [0, 0.05) is 18.0 Å². The number of benzene rings is 1. The van der Waals surface area contributed by atoms with Crippen LogP contribution < -0.4 is 0 Å². The first kappa shape index (κ1) is 12.5. The van der Waals surface area contributed by atoms with Crippen LogP contribution in [-0.2, 0) is 16.0 Å². The summed E-state index contributed by atoms with van der Waals surface area (Å²) in [5.74, 6) is 0.204. The zero-order chi connectivity index (χ0) is 12.1. The Morgan fingerprint density at radius 1 is 1.35 bits per heavy atom. The van der Waals surface area contributed by atoms with E-state index in [0.29, 0.717) is 19.6 Å². The first-order valence-corrected chi connectivity index (χ1v) is 7.01. The highest BCUT2D eigenvalue weighted by Gasteiger charge is 2.17. The molecule has 1 aliphatic heterocycles. The van der Waals surface area contributed by atoms with E-state index in [1.54, 1.807) is 11.8 Å². The molecule has 3 nitrogen and oxygen atoms in total. The molecule has 0 unspecified atom stereocenters. The van der Waals surface area contributed by atoms with E-state index in [4.69, 9.17) is 4.74 Å². The van der Waals surface area contributed by atoms with E-state index >= 15 is 0 Å². The Hall–Kier alpha value is -1.00. The second kappa shape index (κ2) is 6.07. The number of hydrogen-bond acceptors (Lipinski definition) is 3. The van der Waals surface area contributed by atoms with Crippen molar-refractivity contribution in [3.63, 3.8) is 0 Å². The Kier molecular flexibility index (Phi) is 4.45. The quantitative estimate of drug-likeness (QED) is 0.767. The number of carbonyl (C=O) groups excluding carboxylic acids is 1. The Labute approximate surface area is 106 Å². The number of thioether (sulfide) groups is 1. The molecular weight excluding hydrogens is 234 g/mol. The van der Waals surface area contributed by atoms with Crippen molar-refractivity contribution < 1.29 is 9.53 Å². The molecule has 0 aliphatic carbocycles. The molecule has 0 spiro atoms. The van der Waals surface area contributed by atoms with Gasteiger partial charge in [-0.15, -0.1) is 11.8 Å². The summed E-state index contributed by atoms with van der Waals surface area (Å²) in [5, 5.41) is 0. The van der Waals surface area contributed by atoms with Crippen LogP contribution in [0.15, 0.2) is 29.2 Å². The first-order chi connectivity index (χ1) is 8.31. The Bertz CT molecular complexity index is 389. The van der Waals surface area contributed by atoms with Gasteiger partial charge in [-0.25, -0.2) is 0 Å². The highest BCUT2D eigenvalue weighted by Crippen LogP contribution is 2.20. The van der Waals surface area contributed by atoms with Crippen LogP contribution in [-0.4, -0.2) is 43.4 Å². The fourth-order valence-electron chi connectivity index (χ4n) is 1.94. The van der Waals surface area contributed by atoms with Crippen LogP contribution >= 0.6 is 11.8 Å². The molecule has 1 aromatic rings. The Morgan fingerprint density at radius 2 is 2.06 bits per heavy atom. The number of hydrogen-bond donors (Lipinski definition) is 0. The summed E-state index contributed by atoms with van der Waals surface area (Å²) >= 11 is 1.69. The lowest BCUT2D eigenvalue weighted by atomic mass is 10.1. The van der Waals surface area contributed by atoms with Crippen molar-refractivity contribution in [2.45, 2.75) is 11.3 Å². The first-order valence-electron chi connectivity index (χ1n) is 5.78. The van der Waals surface area contributed by atoms with E-state index in [2.05, 4.69) is 6.07 Å². The molecular formula is C13H17NO2S. The van der Waals surface area contributed by atoms with E-state index in [9.17, 15) is 4.79 Å². The molecule has 1 saturated heterocycles. The van der Waals surface area contributed by atoms with Crippen molar-refractivity contribution in [2.24, 2.45) is 0 Å². The highest BCUT2D eigenvalue weighted by atomic mass is 32.2. The van der Waals surface area contributed by atoms with Crippen LogP contribution in [0.4, 0.5) is 0 Å². The Morgan fingerprint density at radius 3 is 2.76 bits per heavy atom. The number of rotatable bonds is 3. The van der Waals surface area contributed by atoms with Gasteiger partial charge in [0.15, 0.2) is 0 Å². The van der Waals surface area contributed by atoms with Crippen molar-refractivity contribution in [1.29, 1.82) is 0 Å². The molecule has 0 bridgehead atoms. The second-order valence-corrected chi connectivity index (χ2v) is 4.83. The molecule has 1 amide bonds.